The zero-order valence-corrected chi connectivity index (χ0v) is 26.8. The Morgan fingerprint density at radius 2 is 1.78 bits per heavy atom. The molecule has 1 fully saturated rings. The van der Waals surface area contributed by atoms with Crippen LogP contribution in [0.5, 0.6) is 0 Å². The zero-order chi connectivity index (χ0) is 28.0. The molecule has 37 heavy (non-hydrogen) atoms. The van der Waals surface area contributed by atoms with Crippen molar-refractivity contribution in [2.45, 2.75) is 111 Å². The summed E-state index contributed by atoms with van der Waals surface area (Å²) in [4.78, 5) is 29.1. The van der Waals surface area contributed by atoms with Gasteiger partial charge >= 0.3 is 5.97 Å². The van der Waals surface area contributed by atoms with Crippen LogP contribution in [0.2, 0.25) is 18.1 Å². The number of carbonyl (C=O) groups excluding carboxylic acids is 2. The molecule has 0 N–H and O–H groups in total. The Morgan fingerprint density at radius 3 is 2.32 bits per heavy atom. The van der Waals surface area contributed by atoms with Crippen molar-refractivity contribution in [1.82, 2.24) is 4.90 Å². The highest BCUT2D eigenvalue weighted by Gasteiger charge is 2.46. The summed E-state index contributed by atoms with van der Waals surface area (Å²) in [6.07, 6.45) is 1.63. The molecular formula is C29H47NO4S2Si. The minimum absolute atomic E-state index is 0.0117. The smallest absolute Gasteiger partial charge is 0.306 e. The first-order valence-corrected chi connectivity index (χ1v) is 17.9. The SMILES string of the molecule is CCCC[C@@H](C(=O)N1C(=S)SC[C@H]1c1ccccc1)[C@@H](OC(=O)CC(C)C)[C@H](C)O[Si](C)(C)C(C)(C)C. The van der Waals surface area contributed by atoms with Crippen molar-refractivity contribution in [3.05, 3.63) is 35.9 Å². The maximum atomic E-state index is 14.3. The van der Waals surface area contributed by atoms with Crippen LogP contribution in [0.4, 0.5) is 0 Å². The molecule has 0 bridgehead atoms. The number of amides is 1. The molecule has 1 amide bonds. The molecule has 4 atom stereocenters. The molecule has 0 saturated carbocycles. The molecule has 5 nitrogen and oxygen atoms in total. The summed E-state index contributed by atoms with van der Waals surface area (Å²) in [5.74, 6) is 0.0182. The van der Waals surface area contributed by atoms with Gasteiger partial charge in [-0.25, -0.2) is 0 Å². The highest BCUT2D eigenvalue weighted by Crippen LogP contribution is 2.41. The topological polar surface area (TPSA) is 55.8 Å². The van der Waals surface area contributed by atoms with Crippen LogP contribution in [0, 0.1) is 11.8 Å². The highest BCUT2D eigenvalue weighted by molar-refractivity contribution is 8.23. The van der Waals surface area contributed by atoms with Crippen LogP contribution < -0.4 is 0 Å². The number of carbonyl (C=O) groups is 2. The van der Waals surface area contributed by atoms with Crippen LogP contribution in [0.3, 0.4) is 0 Å². The van der Waals surface area contributed by atoms with E-state index in [1.165, 1.54) is 11.8 Å². The first kappa shape index (κ1) is 32.0. The minimum Gasteiger partial charge on any atom is -0.459 e. The van der Waals surface area contributed by atoms with E-state index in [1.54, 1.807) is 4.90 Å². The Hall–Kier alpha value is -1.22. The lowest BCUT2D eigenvalue weighted by molar-refractivity contribution is -0.163. The van der Waals surface area contributed by atoms with Crippen LogP contribution in [0.25, 0.3) is 0 Å². The summed E-state index contributed by atoms with van der Waals surface area (Å²) >= 11 is 7.23. The number of thiocarbonyl (C=S) groups is 1. The van der Waals surface area contributed by atoms with Gasteiger partial charge in [-0.1, -0.05) is 109 Å². The van der Waals surface area contributed by atoms with E-state index in [2.05, 4.69) is 40.8 Å². The lowest BCUT2D eigenvalue weighted by atomic mass is 9.90. The van der Waals surface area contributed by atoms with Crippen LogP contribution in [0.1, 0.15) is 85.8 Å². The number of esters is 1. The molecule has 8 heteroatoms. The van der Waals surface area contributed by atoms with Crippen molar-refractivity contribution < 1.29 is 18.8 Å². The quantitative estimate of drug-likeness (QED) is 0.147. The largest absolute Gasteiger partial charge is 0.459 e. The van der Waals surface area contributed by atoms with E-state index in [-0.39, 0.29) is 28.9 Å². The van der Waals surface area contributed by atoms with Gasteiger partial charge in [0.25, 0.3) is 0 Å². The van der Waals surface area contributed by atoms with Gasteiger partial charge in [0.2, 0.25) is 5.91 Å². The summed E-state index contributed by atoms with van der Waals surface area (Å²) < 4.78 is 13.5. The third-order valence-electron chi connectivity index (χ3n) is 7.47. The Balaban J connectivity index is 2.47. The van der Waals surface area contributed by atoms with Crippen molar-refractivity contribution >= 4 is 48.5 Å². The first-order valence-electron chi connectivity index (χ1n) is 13.6. The molecule has 1 aromatic carbocycles. The van der Waals surface area contributed by atoms with E-state index in [1.807, 2.05) is 51.1 Å². The minimum atomic E-state index is -2.18. The van der Waals surface area contributed by atoms with Crippen LogP contribution >= 0.6 is 24.0 Å². The second-order valence-corrected chi connectivity index (χ2v) is 18.5. The van der Waals surface area contributed by atoms with Gasteiger partial charge in [0.1, 0.15) is 10.4 Å². The van der Waals surface area contributed by atoms with Crippen molar-refractivity contribution in [2.75, 3.05) is 5.75 Å². The molecule has 0 radical (unpaired) electrons. The van der Waals surface area contributed by atoms with E-state index < -0.39 is 26.4 Å². The van der Waals surface area contributed by atoms with E-state index in [0.717, 1.165) is 24.2 Å². The molecule has 2 rings (SSSR count). The Kier molecular flexibility index (Phi) is 11.9. The predicted octanol–water partition coefficient (Wildman–Crippen LogP) is 7.76. The Bertz CT molecular complexity index is 916. The molecule has 208 valence electrons. The fourth-order valence-electron chi connectivity index (χ4n) is 4.36. The van der Waals surface area contributed by atoms with Gasteiger partial charge in [-0.3, -0.25) is 14.5 Å². The maximum absolute atomic E-state index is 14.3. The molecule has 0 spiro atoms. The van der Waals surface area contributed by atoms with Crippen molar-refractivity contribution in [3.8, 4) is 0 Å². The van der Waals surface area contributed by atoms with E-state index in [0.29, 0.717) is 17.2 Å². The van der Waals surface area contributed by atoms with Gasteiger partial charge in [0, 0.05) is 12.2 Å². The molecule has 1 aliphatic heterocycles. The Morgan fingerprint density at radius 1 is 1.16 bits per heavy atom. The lowest BCUT2D eigenvalue weighted by Crippen LogP contribution is -2.52. The average Bonchev–Trinajstić information content (AvgIpc) is 3.18. The molecule has 1 saturated heterocycles. The Labute approximate surface area is 235 Å². The van der Waals surface area contributed by atoms with Gasteiger partial charge < -0.3 is 9.16 Å². The number of unbranched alkanes of at least 4 members (excludes halogenated alkanes) is 1. The fraction of sp³-hybridized carbons (Fsp3) is 0.690. The molecule has 0 unspecified atom stereocenters. The number of ether oxygens (including phenoxy) is 1. The average molecular weight is 566 g/mol. The number of hydrogen-bond donors (Lipinski definition) is 0. The lowest BCUT2D eigenvalue weighted by Gasteiger charge is -2.42. The monoisotopic (exact) mass is 565 g/mol. The number of benzene rings is 1. The summed E-state index contributed by atoms with van der Waals surface area (Å²) in [6.45, 7) is 19.0. The first-order chi connectivity index (χ1) is 17.2. The van der Waals surface area contributed by atoms with Gasteiger partial charge in [-0.2, -0.15) is 0 Å². The van der Waals surface area contributed by atoms with Crippen molar-refractivity contribution in [1.29, 1.82) is 0 Å². The summed E-state index contributed by atoms with van der Waals surface area (Å²) in [5.41, 5.74) is 1.07. The van der Waals surface area contributed by atoms with Crippen molar-refractivity contribution in [2.24, 2.45) is 11.8 Å². The van der Waals surface area contributed by atoms with Crippen LogP contribution in [0.15, 0.2) is 30.3 Å². The van der Waals surface area contributed by atoms with Crippen molar-refractivity contribution in [3.63, 3.8) is 0 Å². The number of thioether (sulfide) groups is 1. The predicted molar refractivity (Wildman–Crippen MR) is 161 cm³/mol. The molecule has 1 heterocycles. The van der Waals surface area contributed by atoms with E-state index in [9.17, 15) is 9.59 Å². The van der Waals surface area contributed by atoms with Gasteiger partial charge in [0.15, 0.2) is 8.32 Å². The fourth-order valence-corrected chi connectivity index (χ4v) is 7.20. The normalized spacial score (nSPS) is 19.1. The van der Waals surface area contributed by atoms with Gasteiger partial charge in [0.05, 0.1) is 18.1 Å². The van der Waals surface area contributed by atoms with E-state index >= 15 is 0 Å². The number of nitrogens with zero attached hydrogens (tertiary/aromatic N) is 1. The zero-order valence-electron chi connectivity index (χ0n) is 24.2. The summed E-state index contributed by atoms with van der Waals surface area (Å²) in [6, 6.07) is 9.92. The standard InChI is InChI=1S/C29H47NO4S2Si/c1-10-11-17-23(27(32)30-24(19-36-28(30)35)22-15-13-12-14-16-22)26(33-25(31)18-20(2)3)21(4)34-37(8,9)29(5,6)7/h12-16,20-21,23-24,26H,10-11,17-19H2,1-9H3/t21-,23+,24-,26-/m0/s1. The third kappa shape index (κ3) is 8.64. The second kappa shape index (κ2) is 13.7. The van der Waals surface area contributed by atoms with Crippen LogP contribution in [-0.4, -0.2) is 47.4 Å². The maximum Gasteiger partial charge on any atom is 0.306 e. The molecule has 1 aromatic rings. The molecular weight excluding hydrogens is 519 g/mol. The number of hydrogen-bond acceptors (Lipinski definition) is 6. The van der Waals surface area contributed by atoms with E-state index in [4.69, 9.17) is 21.4 Å². The van der Waals surface area contributed by atoms with Crippen LogP contribution in [-0.2, 0) is 18.8 Å². The van der Waals surface area contributed by atoms with Gasteiger partial charge in [-0.05, 0) is 43.0 Å². The molecule has 0 aromatic heterocycles. The third-order valence-corrected chi connectivity index (χ3v) is 13.5. The molecule has 0 aliphatic carbocycles. The highest BCUT2D eigenvalue weighted by atomic mass is 32.2. The van der Waals surface area contributed by atoms with Gasteiger partial charge in [-0.15, -0.1) is 0 Å². The number of rotatable bonds is 12. The molecule has 1 aliphatic rings. The summed E-state index contributed by atoms with van der Waals surface area (Å²) in [5, 5.41) is -0.0117. The summed E-state index contributed by atoms with van der Waals surface area (Å²) in [7, 11) is -2.18. The second-order valence-electron chi connectivity index (χ2n) is 12.1.